The Kier molecular flexibility index (Phi) is 6.08. The predicted octanol–water partition coefficient (Wildman–Crippen LogP) is 3.46. The van der Waals surface area contributed by atoms with E-state index in [1.807, 2.05) is 55.5 Å². The molecule has 0 fully saturated rings. The number of benzene rings is 2. The molecule has 0 saturated carbocycles. The van der Waals surface area contributed by atoms with E-state index in [1.165, 1.54) is 0 Å². The number of hydrogen-bond acceptors (Lipinski definition) is 2. The van der Waals surface area contributed by atoms with Crippen molar-refractivity contribution in [2.45, 2.75) is 32.2 Å². The first-order chi connectivity index (χ1) is 12.7. The number of H-pyrrole nitrogens is 1. The summed E-state index contributed by atoms with van der Waals surface area (Å²) in [5.74, 6) is -0.113. The normalized spacial score (nSPS) is 13.5. The van der Waals surface area contributed by atoms with Crippen molar-refractivity contribution in [3.63, 3.8) is 0 Å². The maximum Gasteiger partial charge on any atom is 0.223 e. The summed E-state index contributed by atoms with van der Waals surface area (Å²) < 4.78 is 0. The first-order valence-electron chi connectivity index (χ1n) is 9.17. The summed E-state index contributed by atoms with van der Waals surface area (Å²) in [6.07, 6.45) is 1.95. The highest BCUT2D eigenvalue weighted by Crippen LogP contribution is 2.17. The van der Waals surface area contributed by atoms with Gasteiger partial charge in [-0.1, -0.05) is 55.5 Å². The summed E-state index contributed by atoms with van der Waals surface area (Å²) in [6.45, 7) is 2.01. The summed E-state index contributed by atoms with van der Waals surface area (Å²) in [4.78, 5) is 16.0. The lowest BCUT2D eigenvalue weighted by molar-refractivity contribution is -0.125. The van der Waals surface area contributed by atoms with Gasteiger partial charge in [0.25, 0.3) is 0 Å². The number of carbonyl (C=O) groups excluding carboxylic acids is 1. The molecule has 2 atom stereocenters. The number of hydrogen-bond donors (Lipinski definition) is 3. The molecule has 3 rings (SSSR count). The Morgan fingerprint density at radius 3 is 2.54 bits per heavy atom. The molecule has 4 heteroatoms. The third-order valence-corrected chi connectivity index (χ3v) is 4.71. The number of aliphatic hydroxyl groups excluding tert-OH is 1. The van der Waals surface area contributed by atoms with Gasteiger partial charge < -0.3 is 15.4 Å². The predicted molar refractivity (Wildman–Crippen MR) is 105 cm³/mol. The third-order valence-electron chi connectivity index (χ3n) is 4.71. The van der Waals surface area contributed by atoms with Gasteiger partial charge in [-0.2, -0.15) is 0 Å². The van der Waals surface area contributed by atoms with Crippen molar-refractivity contribution in [1.29, 1.82) is 0 Å². The molecule has 3 N–H and O–H groups in total. The number of carbonyl (C=O) groups is 1. The number of rotatable bonds is 8. The summed E-state index contributed by atoms with van der Waals surface area (Å²) in [6, 6.07) is 20.2. The molecule has 1 amide bonds. The van der Waals surface area contributed by atoms with Gasteiger partial charge in [0.05, 0.1) is 0 Å². The van der Waals surface area contributed by atoms with Crippen LogP contribution in [0.25, 0.3) is 10.9 Å². The molecule has 0 aliphatic rings. The largest absolute Gasteiger partial charge is 0.396 e. The maximum atomic E-state index is 12.6. The lowest BCUT2D eigenvalue weighted by Gasteiger charge is -2.20. The van der Waals surface area contributed by atoms with E-state index in [1.54, 1.807) is 0 Å². The van der Waals surface area contributed by atoms with Gasteiger partial charge in [-0.15, -0.1) is 0 Å². The highest BCUT2D eigenvalue weighted by Gasteiger charge is 2.19. The fraction of sp³-hybridized carbons (Fsp3) is 0.318. The topological polar surface area (TPSA) is 65.1 Å². The van der Waals surface area contributed by atoms with E-state index in [2.05, 4.69) is 22.4 Å². The van der Waals surface area contributed by atoms with Crippen LogP contribution < -0.4 is 5.32 Å². The fourth-order valence-corrected chi connectivity index (χ4v) is 3.29. The number of para-hydroxylation sites is 1. The molecule has 3 aromatic rings. The zero-order chi connectivity index (χ0) is 18.4. The molecule has 0 saturated heterocycles. The lowest BCUT2D eigenvalue weighted by Crippen LogP contribution is -2.40. The van der Waals surface area contributed by atoms with E-state index < -0.39 is 0 Å². The van der Waals surface area contributed by atoms with Crippen LogP contribution in [0.3, 0.4) is 0 Å². The molecule has 0 aliphatic carbocycles. The van der Waals surface area contributed by atoms with Gasteiger partial charge in [0, 0.05) is 29.8 Å². The van der Waals surface area contributed by atoms with Gasteiger partial charge in [0.2, 0.25) is 5.91 Å². The second kappa shape index (κ2) is 8.68. The maximum absolute atomic E-state index is 12.6. The van der Waals surface area contributed by atoms with E-state index in [4.69, 9.17) is 0 Å². The first kappa shape index (κ1) is 18.2. The van der Waals surface area contributed by atoms with Crippen LogP contribution in [0.2, 0.25) is 0 Å². The minimum absolute atomic E-state index is 0.0260. The van der Waals surface area contributed by atoms with Gasteiger partial charge in [-0.25, -0.2) is 0 Å². The number of aliphatic hydroxyl groups is 1. The van der Waals surface area contributed by atoms with Gasteiger partial charge >= 0.3 is 0 Å². The van der Waals surface area contributed by atoms with Crippen molar-refractivity contribution in [3.8, 4) is 0 Å². The van der Waals surface area contributed by atoms with Gasteiger partial charge in [-0.3, -0.25) is 4.79 Å². The van der Waals surface area contributed by atoms with Crippen molar-refractivity contribution in [2.75, 3.05) is 6.61 Å². The number of aromatic amines is 1. The third kappa shape index (κ3) is 4.73. The quantitative estimate of drug-likeness (QED) is 0.582. The number of aromatic nitrogens is 1. The van der Waals surface area contributed by atoms with Crippen molar-refractivity contribution in [2.24, 2.45) is 5.92 Å². The van der Waals surface area contributed by atoms with E-state index in [0.29, 0.717) is 12.8 Å². The molecule has 2 unspecified atom stereocenters. The van der Waals surface area contributed by atoms with Gasteiger partial charge in [0.1, 0.15) is 0 Å². The zero-order valence-electron chi connectivity index (χ0n) is 15.1. The Hall–Kier alpha value is -2.59. The van der Waals surface area contributed by atoms with E-state index >= 15 is 0 Å². The zero-order valence-corrected chi connectivity index (χ0v) is 15.1. The summed E-state index contributed by atoms with van der Waals surface area (Å²) in [7, 11) is 0. The summed E-state index contributed by atoms with van der Waals surface area (Å²) in [5, 5.41) is 13.6. The Labute approximate surface area is 154 Å². The molecule has 0 radical (unpaired) electrons. The Morgan fingerprint density at radius 2 is 1.81 bits per heavy atom. The van der Waals surface area contributed by atoms with Crippen molar-refractivity contribution in [3.05, 3.63) is 71.9 Å². The van der Waals surface area contributed by atoms with Crippen LogP contribution >= 0.6 is 0 Å². The summed E-state index contributed by atoms with van der Waals surface area (Å²) in [5.41, 5.74) is 3.32. The van der Waals surface area contributed by atoms with Gasteiger partial charge in [-0.05, 0) is 42.3 Å². The molecule has 0 bridgehead atoms. The van der Waals surface area contributed by atoms with Crippen LogP contribution in [0.4, 0.5) is 0 Å². The molecule has 1 aromatic heterocycles. The second-order valence-corrected chi connectivity index (χ2v) is 6.89. The fourth-order valence-electron chi connectivity index (χ4n) is 3.29. The molecule has 136 valence electrons. The molecule has 4 nitrogen and oxygen atoms in total. The lowest BCUT2D eigenvalue weighted by atomic mass is 10.0. The molecular formula is C22H26N2O2. The molecule has 1 heterocycles. The Balaban J connectivity index is 1.60. The Bertz CT molecular complexity index is 808. The standard InChI is InChI=1S/C22H26N2O2/c1-16(13-20-15-18-9-5-6-10-21(18)23-20)22(26)24-19(11-12-25)14-17-7-3-2-4-8-17/h2-10,15-16,19,23,25H,11-14H2,1H3,(H,24,26). The molecule has 0 aliphatic heterocycles. The molecule has 26 heavy (non-hydrogen) atoms. The van der Waals surface area contributed by atoms with Crippen molar-refractivity contribution < 1.29 is 9.90 Å². The monoisotopic (exact) mass is 350 g/mol. The van der Waals surface area contributed by atoms with E-state index in [-0.39, 0.29) is 24.5 Å². The van der Waals surface area contributed by atoms with Crippen LogP contribution in [0.15, 0.2) is 60.7 Å². The molecular weight excluding hydrogens is 324 g/mol. The second-order valence-electron chi connectivity index (χ2n) is 6.89. The highest BCUT2D eigenvalue weighted by molar-refractivity contribution is 5.81. The number of amides is 1. The number of fused-ring (bicyclic) bond motifs is 1. The van der Waals surface area contributed by atoms with Crippen molar-refractivity contribution >= 4 is 16.8 Å². The minimum Gasteiger partial charge on any atom is -0.396 e. The van der Waals surface area contributed by atoms with Gasteiger partial charge in [0.15, 0.2) is 0 Å². The highest BCUT2D eigenvalue weighted by atomic mass is 16.3. The van der Waals surface area contributed by atoms with Crippen LogP contribution in [0.5, 0.6) is 0 Å². The molecule has 2 aromatic carbocycles. The van der Waals surface area contributed by atoms with E-state index in [0.717, 1.165) is 28.6 Å². The SMILES string of the molecule is CC(Cc1cc2ccccc2[nH]1)C(=O)NC(CCO)Cc1ccccc1. The minimum atomic E-state index is -0.139. The average Bonchev–Trinajstić information content (AvgIpc) is 3.05. The number of nitrogens with one attached hydrogen (secondary N) is 2. The summed E-state index contributed by atoms with van der Waals surface area (Å²) >= 11 is 0. The Morgan fingerprint density at radius 1 is 1.08 bits per heavy atom. The van der Waals surface area contributed by atoms with E-state index in [9.17, 15) is 9.90 Å². The van der Waals surface area contributed by atoms with Crippen LogP contribution in [0.1, 0.15) is 24.6 Å². The first-order valence-corrected chi connectivity index (χ1v) is 9.17. The van der Waals surface area contributed by atoms with Crippen molar-refractivity contribution in [1.82, 2.24) is 10.3 Å². The smallest absolute Gasteiger partial charge is 0.223 e. The van der Waals surface area contributed by atoms with Crippen LogP contribution in [-0.2, 0) is 17.6 Å². The van der Waals surface area contributed by atoms with Crippen LogP contribution in [0, 0.1) is 5.92 Å². The van der Waals surface area contributed by atoms with Crippen LogP contribution in [-0.4, -0.2) is 28.6 Å². The average molecular weight is 350 g/mol. The molecule has 0 spiro atoms.